The Morgan fingerprint density at radius 1 is 0.569 bits per heavy atom. The third kappa shape index (κ3) is 21.3. The van der Waals surface area contributed by atoms with Gasteiger partial charge in [0.25, 0.3) is 8.32 Å². The molecule has 0 bridgehead atoms. The Morgan fingerprint density at radius 2 is 0.948 bits per heavy atom. The molecule has 0 atom stereocenters. The first kappa shape index (κ1) is 51.8. The molecule has 0 fully saturated rings. The minimum Gasteiger partial charge on any atom is -0.463 e. The zero-order valence-corrected chi connectivity index (χ0v) is 46.5. The summed E-state index contributed by atoms with van der Waals surface area (Å²) in [5.74, 6) is -0.636. The number of benzene rings is 3. The van der Waals surface area contributed by atoms with Crippen LogP contribution in [0.15, 0.2) is 116 Å². The van der Waals surface area contributed by atoms with Crippen molar-refractivity contribution < 1.29 is 35.5 Å². The molecule has 58 heavy (non-hydrogen) atoms. The van der Waals surface area contributed by atoms with Crippen LogP contribution in [-0.2, 0) is 35.5 Å². The summed E-state index contributed by atoms with van der Waals surface area (Å²) in [5.41, 5.74) is 0.451. The van der Waals surface area contributed by atoms with E-state index in [4.69, 9.17) is 25.9 Å². The van der Waals surface area contributed by atoms with Crippen LogP contribution in [-0.4, -0.2) is 97.5 Å². The minimum absolute atomic E-state index is 0.302. The SMILES string of the molecule is C=C(C)C(=O)OCCC[SiH2]O[Si](C)(C)CC[SiH2]O[Si](c1ccccc1)(c1ccccc1)c1ccccc1.C=CC(=O)OCCC[SiH2]O[Si](C)(C)CC[SiH2]O[Si](C)(C)C. The summed E-state index contributed by atoms with van der Waals surface area (Å²) in [6.45, 7) is 25.6. The van der Waals surface area contributed by atoms with Crippen molar-refractivity contribution >= 4 is 99.8 Å². The standard InChI is InChI=1S/C29H40O4Si4.C13H32O4Si4/c1-25(2)29(30)31-21-14-22-34-32-36(3,4)24-23-35-33-37(26-15-8-5-9-16-26,27-17-10-6-11-18-27)28-19-12-7-13-20-28;1-7-13(14)15-9-8-10-18-17-21(5,6)12-11-19-16-20(2,3)4/h5-13,15-20H,1,14,21-24,34-35H2,2-4H3;7H,1,8-12,18-19H2,2-6H3. The first-order valence-electron chi connectivity index (χ1n) is 20.9. The minimum atomic E-state index is -2.58. The van der Waals surface area contributed by atoms with Gasteiger partial charge in [0, 0.05) is 11.6 Å². The van der Waals surface area contributed by atoms with Gasteiger partial charge in [0.05, 0.1) is 13.2 Å². The summed E-state index contributed by atoms with van der Waals surface area (Å²) in [5, 5.41) is 3.90. The van der Waals surface area contributed by atoms with E-state index < -0.39 is 62.6 Å². The Balaban J connectivity index is 0.000000472. The van der Waals surface area contributed by atoms with Crippen LogP contribution in [0.5, 0.6) is 0 Å². The van der Waals surface area contributed by atoms with Crippen molar-refractivity contribution in [2.45, 2.75) is 102 Å². The van der Waals surface area contributed by atoms with Crippen LogP contribution >= 0.6 is 0 Å². The molecule has 3 rings (SSSR count). The summed E-state index contributed by atoms with van der Waals surface area (Å²) < 4.78 is 36.0. The molecule has 0 aromatic heterocycles. The van der Waals surface area contributed by atoms with Gasteiger partial charge in [0.1, 0.15) is 39.1 Å². The normalized spacial score (nSPS) is 12.8. The molecule has 0 aliphatic heterocycles. The highest BCUT2D eigenvalue weighted by atomic mass is 28.4. The van der Waals surface area contributed by atoms with E-state index in [0.29, 0.717) is 18.8 Å². The first-order chi connectivity index (χ1) is 27.5. The van der Waals surface area contributed by atoms with Gasteiger partial charge < -0.3 is 25.9 Å². The predicted octanol–water partition coefficient (Wildman–Crippen LogP) is 5.59. The molecule has 3 aromatic rings. The second kappa shape index (κ2) is 27.5. The van der Waals surface area contributed by atoms with Crippen molar-refractivity contribution in [2.24, 2.45) is 0 Å². The fourth-order valence-electron chi connectivity index (χ4n) is 6.14. The summed E-state index contributed by atoms with van der Waals surface area (Å²) in [7, 11) is -9.34. The predicted molar refractivity (Wildman–Crippen MR) is 266 cm³/mol. The number of hydrogen-bond donors (Lipinski definition) is 0. The molecular formula is C42H72O8Si8. The third-order valence-corrected chi connectivity index (χ3v) is 34.8. The Bertz CT molecular complexity index is 1530. The van der Waals surface area contributed by atoms with Gasteiger partial charge in [-0.25, -0.2) is 9.59 Å². The molecule has 0 aliphatic carbocycles. The number of carbonyl (C=O) groups excluding carboxylic acids is 2. The molecule has 3 aromatic carbocycles. The molecule has 0 N–H and O–H groups in total. The van der Waals surface area contributed by atoms with Gasteiger partial charge in [-0.2, -0.15) is 0 Å². The quantitative estimate of drug-likeness (QED) is 0.0322. The van der Waals surface area contributed by atoms with Gasteiger partial charge in [-0.1, -0.05) is 104 Å². The van der Waals surface area contributed by atoms with E-state index in [1.807, 2.05) is 0 Å². The van der Waals surface area contributed by atoms with E-state index in [-0.39, 0.29) is 21.7 Å². The molecule has 0 heterocycles. The third-order valence-electron chi connectivity index (χ3n) is 9.30. The fraction of sp³-hybridized carbons (Fsp3) is 0.429. The molecule has 0 aliphatic rings. The monoisotopic (exact) mass is 928 g/mol. The lowest BCUT2D eigenvalue weighted by Gasteiger charge is -2.34. The summed E-state index contributed by atoms with van der Waals surface area (Å²) in [4.78, 5) is 22.3. The number of rotatable bonds is 27. The lowest BCUT2D eigenvalue weighted by atomic mass is 10.3. The molecule has 320 valence electrons. The molecule has 0 amide bonds. The lowest BCUT2D eigenvalue weighted by Crippen LogP contribution is -2.69. The highest BCUT2D eigenvalue weighted by Gasteiger charge is 2.41. The zero-order chi connectivity index (χ0) is 42.9. The van der Waals surface area contributed by atoms with Crippen LogP contribution in [0.1, 0.15) is 19.8 Å². The van der Waals surface area contributed by atoms with Crippen molar-refractivity contribution in [1.29, 1.82) is 0 Å². The molecule has 0 saturated carbocycles. The molecule has 0 unspecified atom stereocenters. The molecule has 8 nitrogen and oxygen atoms in total. The van der Waals surface area contributed by atoms with Crippen molar-refractivity contribution in [2.75, 3.05) is 13.2 Å². The zero-order valence-electron chi connectivity index (χ0n) is 36.8. The summed E-state index contributed by atoms with van der Waals surface area (Å²) >= 11 is 0. The molecule has 16 heteroatoms. The second-order valence-electron chi connectivity index (χ2n) is 16.7. The van der Waals surface area contributed by atoms with Gasteiger partial charge in [-0.3, -0.25) is 0 Å². The van der Waals surface area contributed by atoms with Crippen molar-refractivity contribution in [3.63, 3.8) is 0 Å². The van der Waals surface area contributed by atoms with E-state index in [1.165, 1.54) is 33.7 Å². The Kier molecular flexibility index (Phi) is 24.5. The number of ether oxygens (including phenoxy) is 2. The van der Waals surface area contributed by atoms with Crippen molar-refractivity contribution in [3.05, 3.63) is 116 Å². The molecule has 0 saturated heterocycles. The summed E-state index contributed by atoms with van der Waals surface area (Å²) in [6, 6.07) is 39.2. The fourth-order valence-corrected chi connectivity index (χ4v) is 31.5. The summed E-state index contributed by atoms with van der Waals surface area (Å²) in [6.07, 6.45) is 2.98. The maximum atomic E-state index is 11.5. The second-order valence-corrected chi connectivity index (χ2v) is 41.2. The van der Waals surface area contributed by atoms with E-state index >= 15 is 0 Å². The van der Waals surface area contributed by atoms with E-state index in [1.54, 1.807) is 6.92 Å². The van der Waals surface area contributed by atoms with Gasteiger partial charge >= 0.3 is 11.9 Å². The van der Waals surface area contributed by atoms with E-state index in [0.717, 1.165) is 37.0 Å². The topological polar surface area (TPSA) is 89.5 Å². The molecule has 0 spiro atoms. The maximum absolute atomic E-state index is 11.5. The van der Waals surface area contributed by atoms with Crippen LogP contribution in [0.25, 0.3) is 0 Å². The van der Waals surface area contributed by atoms with Crippen molar-refractivity contribution in [3.8, 4) is 0 Å². The Labute approximate surface area is 364 Å². The lowest BCUT2D eigenvalue weighted by molar-refractivity contribution is -0.139. The Hall–Kier alpha value is -2.34. The smallest absolute Gasteiger partial charge is 0.333 e. The maximum Gasteiger partial charge on any atom is 0.333 e. The van der Waals surface area contributed by atoms with E-state index in [2.05, 4.69) is 150 Å². The van der Waals surface area contributed by atoms with Crippen LogP contribution in [0, 0.1) is 0 Å². The number of carbonyl (C=O) groups is 2. The van der Waals surface area contributed by atoms with E-state index in [9.17, 15) is 9.59 Å². The average molecular weight is 930 g/mol. The Morgan fingerprint density at radius 3 is 1.33 bits per heavy atom. The van der Waals surface area contributed by atoms with Crippen LogP contribution in [0.2, 0.25) is 82.1 Å². The van der Waals surface area contributed by atoms with Crippen LogP contribution in [0.3, 0.4) is 0 Å². The van der Waals surface area contributed by atoms with Gasteiger partial charge in [0.15, 0.2) is 25.0 Å². The van der Waals surface area contributed by atoms with Crippen molar-refractivity contribution in [1.82, 2.24) is 0 Å². The van der Waals surface area contributed by atoms with Gasteiger partial charge in [-0.05, 0) is 117 Å². The highest BCUT2D eigenvalue weighted by molar-refractivity contribution is 7.08. The highest BCUT2D eigenvalue weighted by Crippen LogP contribution is 2.17. The largest absolute Gasteiger partial charge is 0.463 e. The van der Waals surface area contributed by atoms with Crippen LogP contribution in [0.4, 0.5) is 0 Å². The van der Waals surface area contributed by atoms with Gasteiger partial charge in [-0.15, -0.1) is 0 Å². The van der Waals surface area contributed by atoms with Gasteiger partial charge in [0.2, 0.25) is 0 Å². The molecular weight excluding hydrogens is 857 g/mol. The van der Waals surface area contributed by atoms with Crippen LogP contribution < -0.4 is 15.6 Å². The molecule has 0 radical (unpaired) electrons. The average Bonchev–Trinajstić information content (AvgIpc) is 3.20. The number of esters is 2. The number of hydrogen-bond acceptors (Lipinski definition) is 8. The first-order valence-corrected chi connectivity index (χ1v) is 38.7.